The standard InChI is InChI=1S/C23H25N3O3S/c1-17-8-10-19(11-9-17)30(28,29)26-13-5-12-25(14-15-26)23(27)21-16-18(2)24-22-7-4-3-6-20(21)22/h3-4,6-11,16H,5,12-15H2,1-2H3. The minimum Gasteiger partial charge on any atom is -0.337 e. The molecule has 6 nitrogen and oxygen atoms in total. The van der Waals surface area contributed by atoms with E-state index < -0.39 is 10.0 Å². The molecule has 30 heavy (non-hydrogen) atoms. The number of hydrogen-bond donors (Lipinski definition) is 0. The average molecular weight is 424 g/mol. The number of aryl methyl sites for hydroxylation is 2. The Morgan fingerprint density at radius 1 is 0.933 bits per heavy atom. The van der Waals surface area contributed by atoms with Crippen molar-refractivity contribution in [2.24, 2.45) is 0 Å². The summed E-state index contributed by atoms with van der Waals surface area (Å²) in [6, 6.07) is 16.3. The first kappa shape index (κ1) is 20.5. The van der Waals surface area contributed by atoms with Crippen molar-refractivity contribution < 1.29 is 13.2 Å². The molecule has 1 fully saturated rings. The minimum atomic E-state index is -3.57. The van der Waals surface area contributed by atoms with Gasteiger partial charge in [0.1, 0.15) is 0 Å². The Kier molecular flexibility index (Phi) is 5.58. The van der Waals surface area contributed by atoms with Crippen LogP contribution in [-0.4, -0.2) is 54.7 Å². The smallest absolute Gasteiger partial charge is 0.254 e. The van der Waals surface area contributed by atoms with Crippen molar-refractivity contribution in [3.8, 4) is 0 Å². The summed E-state index contributed by atoms with van der Waals surface area (Å²) >= 11 is 0. The number of para-hydroxylation sites is 1. The predicted octanol–water partition coefficient (Wildman–Crippen LogP) is 3.39. The van der Waals surface area contributed by atoms with E-state index in [4.69, 9.17) is 0 Å². The maximum atomic E-state index is 13.3. The molecule has 0 aliphatic carbocycles. The lowest BCUT2D eigenvalue weighted by Gasteiger charge is -2.22. The van der Waals surface area contributed by atoms with Gasteiger partial charge in [0.15, 0.2) is 0 Å². The molecule has 0 atom stereocenters. The van der Waals surface area contributed by atoms with Crippen molar-refractivity contribution >= 4 is 26.8 Å². The van der Waals surface area contributed by atoms with Gasteiger partial charge in [-0.05, 0) is 44.5 Å². The fourth-order valence-corrected chi connectivity index (χ4v) is 5.32. The van der Waals surface area contributed by atoms with E-state index in [1.807, 2.05) is 44.2 Å². The van der Waals surface area contributed by atoms with Gasteiger partial charge >= 0.3 is 0 Å². The molecule has 1 aromatic heterocycles. The highest BCUT2D eigenvalue weighted by atomic mass is 32.2. The monoisotopic (exact) mass is 423 g/mol. The van der Waals surface area contributed by atoms with Crippen molar-refractivity contribution in [1.82, 2.24) is 14.2 Å². The Labute approximate surface area is 177 Å². The topological polar surface area (TPSA) is 70.6 Å². The third-order valence-electron chi connectivity index (χ3n) is 5.48. The van der Waals surface area contributed by atoms with Crippen molar-refractivity contribution in [3.63, 3.8) is 0 Å². The van der Waals surface area contributed by atoms with Crippen LogP contribution in [0.3, 0.4) is 0 Å². The number of carbonyl (C=O) groups excluding carboxylic acids is 1. The number of hydrogen-bond acceptors (Lipinski definition) is 4. The Bertz CT molecular complexity index is 1190. The molecule has 1 aliphatic heterocycles. The molecule has 7 heteroatoms. The number of amides is 1. The van der Waals surface area contributed by atoms with Gasteiger partial charge in [0.25, 0.3) is 5.91 Å². The number of benzene rings is 2. The molecule has 1 amide bonds. The summed E-state index contributed by atoms with van der Waals surface area (Å²) in [7, 11) is -3.57. The second-order valence-corrected chi connectivity index (χ2v) is 9.63. The van der Waals surface area contributed by atoms with Gasteiger partial charge in [-0.1, -0.05) is 35.9 Å². The van der Waals surface area contributed by atoms with Crippen molar-refractivity contribution in [1.29, 1.82) is 0 Å². The van der Waals surface area contributed by atoms with E-state index in [0.29, 0.717) is 36.5 Å². The third kappa shape index (κ3) is 3.95. The van der Waals surface area contributed by atoms with Crippen molar-refractivity contribution in [2.75, 3.05) is 26.2 Å². The van der Waals surface area contributed by atoms with Crippen LogP contribution in [-0.2, 0) is 10.0 Å². The maximum absolute atomic E-state index is 13.3. The lowest BCUT2D eigenvalue weighted by atomic mass is 10.1. The Hall–Kier alpha value is -2.77. The quantitative estimate of drug-likeness (QED) is 0.647. The van der Waals surface area contributed by atoms with Crippen LogP contribution in [0.2, 0.25) is 0 Å². The molecule has 156 valence electrons. The molecular weight excluding hydrogens is 398 g/mol. The number of pyridine rings is 1. The largest absolute Gasteiger partial charge is 0.337 e. The number of nitrogens with zero attached hydrogens (tertiary/aromatic N) is 3. The first-order valence-corrected chi connectivity index (χ1v) is 11.5. The highest BCUT2D eigenvalue weighted by Gasteiger charge is 2.29. The zero-order valence-electron chi connectivity index (χ0n) is 17.2. The first-order chi connectivity index (χ1) is 14.4. The molecule has 3 aromatic rings. The fraction of sp³-hybridized carbons (Fsp3) is 0.304. The molecule has 0 unspecified atom stereocenters. The van der Waals surface area contributed by atoms with Gasteiger partial charge in [0.2, 0.25) is 10.0 Å². The van der Waals surface area contributed by atoms with Crippen LogP contribution in [0.1, 0.15) is 28.0 Å². The molecule has 0 spiro atoms. The predicted molar refractivity (Wildman–Crippen MR) is 117 cm³/mol. The van der Waals surface area contributed by atoms with Crippen molar-refractivity contribution in [3.05, 3.63) is 71.4 Å². The van der Waals surface area contributed by atoms with E-state index in [2.05, 4.69) is 4.98 Å². The molecule has 0 radical (unpaired) electrons. The molecular formula is C23H25N3O3S. The van der Waals surface area contributed by atoms with Gasteiger partial charge in [0.05, 0.1) is 16.0 Å². The summed E-state index contributed by atoms with van der Waals surface area (Å²) in [6.45, 7) is 5.37. The van der Waals surface area contributed by atoms with Gasteiger partial charge in [-0.15, -0.1) is 0 Å². The summed E-state index contributed by atoms with van der Waals surface area (Å²) in [5.74, 6) is -0.0775. The molecule has 0 bridgehead atoms. The second kappa shape index (κ2) is 8.16. The summed E-state index contributed by atoms with van der Waals surface area (Å²) in [6.07, 6.45) is 0.596. The van der Waals surface area contributed by atoms with Gasteiger partial charge < -0.3 is 4.90 Å². The van der Waals surface area contributed by atoms with Crippen molar-refractivity contribution in [2.45, 2.75) is 25.2 Å². The maximum Gasteiger partial charge on any atom is 0.254 e. The number of aromatic nitrogens is 1. The molecule has 2 heterocycles. The van der Waals surface area contributed by atoms with Crippen LogP contribution in [0.5, 0.6) is 0 Å². The second-order valence-electron chi connectivity index (χ2n) is 7.69. The Balaban J connectivity index is 1.56. The van der Waals surface area contributed by atoms with E-state index in [9.17, 15) is 13.2 Å². The number of fused-ring (bicyclic) bond motifs is 1. The van der Waals surface area contributed by atoms with E-state index in [1.54, 1.807) is 29.2 Å². The lowest BCUT2D eigenvalue weighted by molar-refractivity contribution is 0.0766. The zero-order valence-corrected chi connectivity index (χ0v) is 18.0. The first-order valence-electron chi connectivity index (χ1n) is 10.1. The highest BCUT2D eigenvalue weighted by Crippen LogP contribution is 2.22. The average Bonchev–Trinajstić information content (AvgIpc) is 3.00. The SMILES string of the molecule is Cc1ccc(S(=O)(=O)N2CCCN(C(=O)c3cc(C)nc4ccccc34)CC2)cc1. The van der Waals surface area contributed by atoms with E-state index >= 15 is 0 Å². The van der Waals surface area contributed by atoms with E-state index in [1.165, 1.54) is 4.31 Å². The zero-order chi connectivity index (χ0) is 21.3. The Morgan fingerprint density at radius 2 is 1.67 bits per heavy atom. The van der Waals surface area contributed by atoms with Gasteiger partial charge in [-0.25, -0.2) is 8.42 Å². The third-order valence-corrected chi connectivity index (χ3v) is 7.39. The fourth-order valence-electron chi connectivity index (χ4n) is 3.85. The molecule has 0 N–H and O–H groups in total. The molecule has 1 saturated heterocycles. The van der Waals surface area contributed by atoms with E-state index in [-0.39, 0.29) is 12.5 Å². The Morgan fingerprint density at radius 3 is 2.43 bits per heavy atom. The summed E-state index contributed by atoms with van der Waals surface area (Å²) in [4.78, 5) is 19.9. The summed E-state index contributed by atoms with van der Waals surface area (Å²) in [5.41, 5.74) is 3.21. The summed E-state index contributed by atoms with van der Waals surface area (Å²) < 4.78 is 27.5. The van der Waals surface area contributed by atoms with Gasteiger partial charge in [0, 0.05) is 37.3 Å². The highest BCUT2D eigenvalue weighted by molar-refractivity contribution is 7.89. The van der Waals surface area contributed by atoms with Gasteiger partial charge in [-0.3, -0.25) is 9.78 Å². The normalized spacial score (nSPS) is 15.9. The number of rotatable bonds is 3. The van der Waals surface area contributed by atoms with Crippen LogP contribution in [0, 0.1) is 13.8 Å². The van der Waals surface area contributed by atoms with Crippen LogP contribution in [0.25, 0.3) is 10.9 Å². The molecule has 0 saturated carbocycles. The molecule has 1 aliphatic rings. The minimum absolute atomic E-state index is 0.0775. The van der Waals surface area contributed by atoms with Crippen LogP contribution in [0.4, 0.5) is 0 Å². The lowest BCUT2D eigenvalue weighted by Crippen LogP contribution is -2.37. The number of carbonyl (C=O) groups is 1. The van der Waals surface area contributed by atoms with Crippen LogP contribution < -0.4 is 0 Å². The van der Waals surface area contributed by atoms with Gasteiger partial charge in [-0.2, -0.15) is 4.31 Å². The van der Waals surface area contributed by atoms with E-state index in [0.717, 1.165) is 22.2 Å². The van der Waals surface area contributed by atoms with Crippen LogP contribution >= 0.6 is 0 Å². The molecule has 2 aromatic carbocycles. The molecule has 4 rings (SSSR count). The van der Waals surface area contributed by atoms with Crippen LogP contribution in [0.15, 0.2) is 59.5 Å². The number of sulfonamides is 1. The summed E-state index contributed by atoms with van der Waals surface area (Å²) in [5, 5.41) is 0.821.